The van der Waals surface area contributed by atoms with Crippen molar-refractivity contribution < 1.29 is 8.78 Å². The third kappa shape index (κ3) is 3.31. The Hall–Kier alpha value is -1.00. The summed E-state index contributed by atoms with van der Waals surface area (Å²) in [6, 6.07) is 10.0. The molecule has 1 aliphatic heterocycles. The van der Waals surface area contributed by atoms with E-state index in [0.29, 0.717) is 26.1 Å². The van der Waals surface area contributed by atoms with Crippen molar-refractivity contribution in [3.63, 3.8) is 0 Å². The van der Waals surface area contributed by atoms with Gasteiger partial charge in [0.1, 0.15) is 0 Å². The molecule has 0 amide bonds. The van der Waals surface area contributed by atoms with Crippen molar-refractivity contribution in [3.8, 4) is 0 Å². The average Bonchev–Trinajstić information content (AvgIpc) is 2.37. The van der Waals surface area contributed by atoms with Gasteiger partial charge in [-0.15, -0.1) is 0 Å². The largest absolute Gasteiger partial charge is 0.330 e. The molecule has 1 aromatic rings. The van der Waals surface area contributed by atoms with Gasteiger partial charge in [0, 0.05) is 31.5 Å². The van der Waals surface area contributed by atoms with Crippen LogP contribution in [0.2, 0.25) is 0 Å². The lowest BCUT2D eigenvalue weighted by Gasteiger charge is -2.42. The Morgan fingerprint density at radius 1 is 1.26 bits per heavy atom. The highest BCUT2D eigenvalue weighted by Crippen LogP contribution is 2.39. The van der Waals surface area contributed by atoms with Crippen LogP contribution < -0.4 is 5.73 Å². The number of alkyl halides is 2. The van der Waals surface area contributed by atoms with Gasteiger partial charge in [-0.3, -0.25) is 4.90 Å². The molecule has 0 aliphatic carbocycles. The van der Waals surface area contributed by atoms with Crippen LogP contribution in [-0.4, -0.2) is 30.5 Å². The molecule has 1 aromatic carbocycles. The molecular formula is C15H22F2N2. The van der Waals surface area contributed by atoms with Crippen LogP contribution in [0.1, 0.15) is 18.9 Å². The van der Waals surface area contributed by atoms with E-state index in [4.69, 9.17) is 5.73 Å². The van der Waals surface area contributed by atoms with Crippen molar-refractivity contribution in [1.29, 1.82) is 0 Å². The summed E-state index contributed by atoms with van der Waals surface area (Å²) in [4.78, 5) is 2.12. The van der Waals surface area contributed by atoms with Gasteiger partial charge in [-0.05, 0) is 18.5 Å². The van der Waals surface area contributed by atoms with Gasteiger partial charge in [0.25, 0.3) is 5.92 Å². The lowest BCUT2D eigenvalue weighted by molar-refractivity contribution is -0.147. The molecule has 1 fully saturated rings. The predicted molar refractivity (Wildman–Crippen MR) is 73.0 cm³/mol. The van der Waals surface area contributed by atoms with Crippen LogP contribution in [-0.2, 0) is 6.54 Å². The molecule has 2 rings (SSSR count). The first-order valence-corrected chi connectivity index (χ1v) is 6.88. The van der Waals surface area contributed by atoms with Crippen LogP contribution >= 0.6 is 0 Å². The van der Waals surface area contributed by atoms with Gasteiger partial charge < -0.3 is 5.73 Å². The van der Waals surface area contributed by atoms with Gasteiger partial charge in [-0.25, -0.2) is 8.78 Å². The van der Waals surface area contributed by atoms with E-state index in [9.17, 15) is 8.78 Å². The lowest BCUT2D eigenvalue weighted by Crippen LogP contribution is -2.52. The topological polar surface area (TPSA) is 29.3 Å². The van der Waals surface area contributed by atoms with Crippen molar-refractivity contribution in [3.05, 3.63) is 35.9 Å². The Bertz CT molecular complexity index is 394. The summed E-state index contributed by atoms with van der Waals surface area (Å²) in [7, 11) is 0. The predicted octanol–water partition coefficient (Wildman–Crippen LogP) is 2.74. The molecule has 2 unspecified atom stereocenters. The standard InChI is InChI=1S/C15H22F2N2/c1-12-9-19(10-13-5-3-2-4-6-13)11-14(7-8-18)15(12,16)17/h2-6,12,14H,7-11,18H2,1H3. The summed E-state index contributed by atoms with van der Waals surface area (Å²) >= 11 is 0. The Kier molecular flexibility index (Phi) is 4.53. The molecular weight excluding hydrogens is 246 g/mol. The normalized spacial score (nSPS) is 27.4. The highest BCUT2D eigenvalue weighted by molar-refractivity contribution is 5.14. The van der Waals surface area contributed by atoms with Gasteiger partial charge in [-0.2, -0.15) is 0 Å². The van der Waals surface area contributed by atoms with Crippen LogP contribution in [0, 0.1) is 11.8 Å². The van der Waals surface area contributed by atoms with Crippen LogP contribution in [0.25, 0.3) is 0 Å². The van der Waals surface area contributed by atoms with Gasteiger partial charge in [0.15, 0.2) is 0 Å². The summed E-state index contributed by atoms with van der Waals surface area (Å²) in [6.45, 7) is 3.58. The third-order valence-corrected chi connectivity index (χ3v) is 3.98. The van der Waals surface area contributed by atoms with E-state index in [1.54, 1.807) is 6.92 Å². The quantitative estimate of drug-likeness (QED) is 0.909. The third-order valence-electron chi connectivity index (χ3n) is 3.98. The van der Waals surface area contributed by atoms with Crippen molar-refractivity contribution in [2.75, 3.05) is 19.6 Å². The summed E-state index contributed by atoms with van der Waals surface area (Å²) < 4.78 is 28.2. The first-order chi connectivity index (χ1) is 9.04. The first-order valence-electron chi connectivity index (χ1n) is 6.88. The molecule has 106 valence electrons. The summed E-state index contributed by atoms with van der Waals surface area (Å²) in [5.41, 5.74) is 6.64. The minimum Gasteiger partial charge on any atom is -0.330 e. The maximum absolute atomic E-state index is 14.1. The second-order valence-electron chi connectivity index (χ2n) is 5.53. The smallest absolute Gasteiger partial charge is 0.255 e. The van der Waals surface area contributed by atoms with Gasteiger partial charge in [-0.1, -0.05) is 37.3 Å². The number of nitrogens with zero attached hydrogens (tertiary/aromatic N) is 1. The van der Waals surface area contributed by atoms with Crippen LogP contribution in [0.3, 0.4) is 0 Å². The van der Waals surface area contributed by atoms with Gasteiger partial charge in [0.05, 0.1) is 0 Å². The van der Waals surface area contributed by atoms with E-state index in [2.05, 4.69) is 4.90 Å². The van der Waals surface area contributed by atoms with Gasteiger partial charge in [0.2, 0.25) is 0 Å². The number of rotatable bonds is 4. The van der Waals surface area contributed by atoms with Crippen molar-refractivity contribution in [2.24, 2.45) is 17.6 Å². The monoisotopic (exact) mass is 268 g/mol. The molecule has 0 aromatic heterocycles. The molecule has 0 spiro atoms. The van der Waals surface area contributed by atoms with Crippen molar-refractivity contribution in [2.45, 2.75) is 25.8 Å². The molecule has 19 heavy (non-hydrogen) atoms. The fourth-order valence-corrected chi connectivity index (χ4v) is 2.87. The molecule has 2 atom stereocenters. The zero-order valence-corrected chi connectivity index (χ0v) is 11.4. The minimum absolute atomic E-state index is 0.326. The van der Waals surface area contributed by atoms with E-state index in [0.717, 1.165) is 6.54 Å². The zero-order chi connectivity index (χ0) is 13.9. The van der Waals surface area contributed by atoms with E-state index in [1.807, 2.05) is 30.3 Å². The van der Waals surface area contributed by atoms with E-state index >= 15 is 0 Å². The Balaban J connectivity index is 2.04. The first kappa shape index (κ1) is 14.4. The van der Waals surface area contributed by atoms with Crippen molar-refractivity contribution in [1.82, 2.24) is 4.90 Å². The highest BCUT2D eigenvalue weighted by atomic mass is 19.3. The number of hydrogen-bond acceptors (Lipinski definition) is 2. The summed E-state index contributed by atoms with van der Waals surface area (Å²) in [5, 5.41) is 0. The maximum atomic E-state index is 14.1. The highest BCUT2D eigenvalue weighted by Gasteiger charge is 2.48. The number of piperidine rings is 1. The van der Waals surface area contributed by atoms with E-state index in [1.165, 1.54) is 5.56 Å². The fraction of sp³-hybridized carbons (Fsp3) is 0.600. The number of benzene rings is 1. The number of hydrogen-bond donors (Lipinski definition) is 1. The second kappa shape index (κ2) is 5.97. The molecule has 0 bridgehead atoms. The van der Waals surface area contributed by atoms with Crippen LogP contribution in [0.4, 0.5) is 8.78 Å². The second-order valence-corrected chi connectivity index (χ2v) is 5.53. The average molecular weight is 268 g/mol. The maximum Gasteiger partial charge on any atom is 0.255 e. The van der Waals surface area contributed by atoms with E-state index < -0.39 is 17.8 Å². The molecule has 2 nitrogen and oxygen atoms in total. The zero-order valence-electron chi connectivity index (χ0n) is 11.4. The number of likely N-dealkylation sites (tertiary alicyclic amines) is 1. The Morgan fingerprint density at radius 3 is 2.58 bits per heavy atom. The van der Waals surface area contributed by atoms with Gasteiger partial charge >= 0.3 is 0 Å². The Labute approximate surface area is 113 Å². The Morgan fingerprint density at radius 2 is 1.95 bits per heavy atom. The molecule has 0 radical (unpaired) electrons. The minimum atomic E-state index is -2.59. The van der Waals surface area contributed by atoms with Crippen LogP contribution in [0.15, 0.2) is 30.3 Å². The molecule has 4 heteroatoms. The summed E-state index contributed by atoms with van der Waals surface area (Å²) in [5.74, 6) is -3.82. The SMILES string of the molecule is CC1CN(Cc2ccccc2)CC(CCN)C1(F)F. The summed E-state index contributed by atoms with van der Waals surface area (Å²) in [6.07, 6.45) is 0.391. The number of nitrogens with two attached hydrogens (primary N) is 1. The molecule has 2 N–H and O–H groups in total. The number of halogens is 2. The van der Waals surface area contributed by atoms with Crippen LogP contribution in [0.5, 0.6) is 0 Å². The molecule has 1 heterocycles. The fourth-order valence-electron chi connectivity index (χ4n) is 2.87. The molecule has 1 saturated heterocycles. The molecule has 1 aliphatic rings. The molecule has 0 saturated carbocycles. The van der Waals surface area contributed by atoms with E-state index in [-0.39, 0.29) is 0 Å². The van der Waals surface area contributed by atoms with Crippen molar-refractivity contribution >= 4 is 0 Å². The lowest BCUT2D eigenvalue weighted by atomic mass is 9.83.